The summed E-state index contributed by atoms with van der Waals surface area (Å²) in [5.74, 6) is 0. The van der Waals surface area contributed by atoms with Gasteiger partial charge in [-0.1, -0.05) is 6.92 Å². The van der Waals surface area contributed by atoms with Crippen molar-refractivity contribution < 1.29 is 13.2 Å². The van der Waals surface area contributed by atoms with E-state index in [1.807, 2.05) is 31.3 Å². The van der Waals surface area contributed by atoms with Gasteiger partial charge in [0.2, 0.25) is 0 Å². The second kappa shape index (κ2) is 6.31. The van der Waals surface area contributed by atoms with Crippen LogP contribution in [0.2, 0.25) is 0 Å². The summed E-state index contributed by atoms with van der Waals surface area (Å²) in [5, 5.41) is 10.4. The van der Waals surface area contributed by atoms with Gasteiger partial charge in [-0.3, -0.25) is 0 Å². The Morgan fingerprint density at radius 2 is 1.95 bits per heavy atom. The first kappa shape index (κ1) is 15.9. The zero-order chi connectivity index (χ0) is 14.6. The molecule has 0 radical (unpaired) electrons. The van der Waals surface area contributed by atoms with Gasteiger partial charge in [0, 0.05) is 10.9 Å². The third-order valence-corrected chi connectivity index (χ3v) is 3.38. The number of alkyl halides is 3. The molecule has 0 amide bonds. The first-order valence-corrected chi connectivity index (χ1v) is 6.55. The summed E-state index contributed by atoms with van der Waals surface area (Å²) in [4.78, 5) is 2.20. The Bertz CT molecular complexity index is 478. The van der Waals surface area contributed by atoms with Gasteiger partial charge in [0.15, 0.2) is 0 Å². The van der Waals surface area contributed by atoms with Crippen molar-refractivity contribution >= 4 is 11.8 Å². The molecule has 0 bridgehead atoms. The number of hydrogen-bond acceptors (Lipinski definition) is 3. The lowest BCUT2D eigenvalue weighted by Gasteiger charge is -2.24. The summed E-state index contributed by atoms with van der Waals surface area (Å²) in [6, 6.07) is 3.73. The minimum Gasteiger partial charge on any atom is -0.302 e. The molecule has 0 aliphatic carbocycles. The molecule has 0 spiro atoms. The highest BCUT2D eigenvalue weighted by molar-refractivity contribution is 8.03. The molecule has 1 aromatic carbocycles. The second-order valence-corrected chi connectivity index (χ2v) is 5.23. The molecule has 1 unspecified atom stereocenters. The van der Waals surface area contributed by atoms with Crippen LogP contribution >= 0.6 is 11.8 Å². The van der Waals surface area contributed by atoms with Crippen LogP contribution in [0.15, 0.2) is 23.1 Å². The predicted octanol–water partition coefficient (Wildman–Crippen LogP) is 4.29. The van der Waals surface area contributed by atoms with Gasteiger partial charge in [-0.15, -0.1) is 0 Å². The maximum Gasteiger partial charge on any atom is 0.416 e. The highest BCUT2D eigenvalue weighted by atomic mass is 32.2. The van der Waals surface area contributed by atoms with Crippen molar-refractivity contribution in [2.45, 2.75) is 30.5 Å². The minimum absolute atomic E-state index is 0.0969. The first-order valence-electron chi connectivity index (χ1n) is 5.74. The summed E-state index contributed by atoms with van der Waals surface area (Å²) in [5.41, 5.74) is -0.122. The maximum atomic E-state index is 12.9. The van der Waals surface area contributed by atoms with E-state index in [-0.39, 0.29) is 6.04 Å². The van der Waals surface area contributed by atoms with Crippen molar-refractivity contribution in [1.29, 1.82) is 5.26 Å². The van der Waals surface area contributed by atoms with Crippen molar-refractivity contribution in [2.24, 2.45) is 0 Å². The van der Waals surface area contributed by atoms with E-state index in [1.165, 1.54) is 0 Å². The molecule has 0 aromatic heterocycles. The van der Waals surface area contributed by atoms with E-state index in [1.54, 1.807) is 6.07 Å². The second-order valence-electron chi connectivity index (χ2n) is 4.37. The number of benzene rings is 1. The third-order valence-electron chi connectivity index (χ3n) is 2.81. The highest BCUT2D eigenvalue weighted by Gasteiger charge is 2.32. The molecule has 6 heteroatoms. The number of thioether (sulfide) groups is 1. The molecule has 0 fully saturated rings. The lowest BCUT2D eigenvalue weighted by molar-refractivity contribution is -0.137. The van der Waals surface area contributed by atoms with Crippen LogP contribution in [0.4, 0.5) is 13.2 Å². The number of thiocyanates is 1. The van der Waals surface area contributed by atoms with E-state index in [0.29, 0.717) is 16.9 Å². The zero-order valence-corrected chi connectivity index (χ0v) is 11.8. The molecule has 2 nitrogen and oxygen atoms in total. The molecule has 19 heavy (non-hydrogen) atoms. The van der Waals surface area contributed by atoms with Crippen LogP contribution in [-0.2, 0) is 6.18 Å². The molecule has 0 saturated heterocycles. The van der Waals surface area contributed by atoms with Crippen LogP contribution in [0.3, 0.4) is 0 Å². The monoisotopic (exact) mass is 288 g/mol. The highest BCUT2D eigenvalue weighted by Crippen LogP contribution is 2.35. The van der Waals surface area contributed by atoms with Gasteiger partial charge in [0.05, 0.1) is 5.56 Å². The summed E-state index contributed by atoms with van der Waals surface area (Å²) < 4.78 is 38.6. The lowest BCUT2D eigenvalue weighted by Crippen LogP contribution is -2.20. The van der Waals surface area contributed by atoms with E-state index in [2.05, 4.69) is 0 Å². The summed E-state index contributed by atoms with van der Waals surface area (Å²) in [6.07, 6.45) is -3.70. The van der Waals surface area contributed by atoms with Gasteiger partial charge < -0.3 is 4.90 Å². The third kappa shape index (κ3) is 4.15. The van der Waals surface area contributed by atoms with Crippen LogP contribution in [0.5, 0.6) is 0 Å². The molecule has 0 aliphatic heterocycles. The maximum absolute atomic E-state index is 12.9. The average Bonchev–Trinajstić information content (AvgIpc) is 2.28. The van der Waals surface area contributed by atoms with E-state index < -0.39 is 11.7 Å². The molecule has 104 valence electrons. The largest absolute Gasteiger partial charge is 0.416 e. The van der Waals surface area contributed by atoms with Crippen LogP contribution < -0.4 is 0 Å². The predicted molar refractivity (Wildman–Crippen MR) is 69.6 cm³/mol. The van der Waals surface area contributed by atoms with Crippen molar-refractivity contribution in [2.75, 3.05) is 14.1 Å². The van der Waals surface area contributed by atoms with Crippen LogP contribution in [-0.4, -0.2) is 19.0 Å². The van der Waals surface area contributed by atoms with Gasteiger partial charge >= 0.3 is 6.18 Å². The fourth-order valence-electron chi connectivity index (χ4n) is 1.99. The van der Waals surface area contributed by atoms with Crippen LogP contribution in [0.25, 0.3) is 0 Å². The number of rotatable bonds is 4. The molecular formula is C13H15F3N2S. The Morgan fingerprint density at radius 3 is 2.37 bits per heavy atom. The first-order chi connectivity index (χ1) is 8.79. The molecular weight excluding hydrogens is 273 g/mol. The standard InChI is InChI=1S/C13H15F3N2S/c1-4-12(18(2)3)9-5-10(13(14,15)16)7-11(6-9)19-8-17/h5-7,12H,4H2,1-3H3. The molecule has 0 aliphatic rings. The fraction of sp³-hybridized carbons (Fsp3) is 0.462. The molecule has 1 rings (SSSR count). The smallest absolute Gasteiger partial charge is 0.302 e. The van der Waals surface area contributed by atoms with Gasteiger partial charge in [-0.2, -0.15) is 18.4 Å². The molecule has 1 aromatic rings. The number of halogens is 3. The topological polar surface area (TPSA) is 27.0 Å². The van der Waals surface area contributed by atoms with Crippen molar-refractivity contribution in [3.63, 3.8) is 0 Å². The number of hydrogen-bond donors (Lipinski definition) is 0. The quantitative estimate of drug-likeness (QED) is 0.611. The van der Waals surface area contributed by atoms with Crippen LogP contribution in [0.1, 0.15) is 30.5 Å². The molecule has 0 saturated carbocycles. The van der Waals surface area contributed by atoms with Gasteiger partial charge in [-0.05, 0) is 56.0 Å². The van der Waals surface area contributed by atoms with E-state index in [0.717, 1.165) is 23.9 Å². The zero-order valence-electron chi connectivity index (χ0n) is 11.0. The van der Waals surface area contributed by atoms with Crippen molar-refractivity contribution in [3.8, 4) is 5.40 Å². The van der Waals surface area contributed by atoms with E-state index in [4.69, 9.17) is 5.26 Å². The Kier molecular flexibility index (Phi) is 5.27. The normalized spacial score (nSPS) is 13.4. The van der Waals surface area contributed by atoms with Crippen LogP contribution in [0, 0.1) is 10.7 Å². The van der Waals surface area contributed by atoms with Crippen molar-refractivity contribution in [3.05, 3.63) is 29.3 Å². The Morgan fingerprint density at radius 1 is 1.32 bits per heavy atom. The van der Waals surface area contributed by atoms with E-state index >= 15 is 0 Å². The summed E-state index contributed by atoms with van der Waals surface area (Å²) in [7, 11) is 3.65. The summed E-state index contributed by atoms with van der Waals surface area (Å²) in [6.45, 7) is 1.92. The summed E-state index contributed by atoms with van der Waals surface area (Å²) >= 11 is 0.746. The minimum atomic E-state index is -4.40. The van der Waals surface area contributed by atoms with E-state index in [9.17, 15) is 13.2 Å². The molecule has 0 N–H and O–H groups in total. The Balaban J connectivity index is 3.31. The average molecular weight is 288 g/mol. The SMILES string of the molecule is CCC(c1cc(SC#N)cc(C(F)(F)F)c1)N(C)C. The van der Waals surface area contributed by atoms with Gasteiger partial charge in [0.25, 0.3) is 0 Å². The van der Waals surface area contributed by atoms with Crippen molar-refractivity contribution in [1.82, 2.24) is 4.90 Å². The Hall–Kier alpha value is -1.19. The lowest BCUT2D eigenvalue weighted by atomic mass is 10.0. The number of nitrogens with zero attached hydrogens (tertiary/aromatic N) is 2. The number of nitriles is 1. The Labute approximate surface area is 115 Å². The van der Waals surface area contributed by atoms with Gasteiger partial charge in [0.1, 0.15) is 5.40 Å². The molecule has 1 atom stereocenters. The van der Waals surface area contributed by atoms with Gasteiger partial charge in [-0.25, -0.2) is 0 Å². The fourth-order valence-corrected chi connectivity index (χ4v) is 2.48. The molecule has 0 heterocycles.